The van der Waals surface area contributed by atoms with Gasteiger partial charge in [-0.25, -0.2) is 0 Å². The molecule has 0 aromatic carbocycles. The van der Waals surface area contributed by atoms with Crippen molar-refractivity contribution in [1.29, 1.82) is 0 Å². The second kappa shape index (κ2) is 4.94. The van der Waals surface area contributed by atoms with E-state index in [0.717, 1.165) is 25.7 Å². The Morgan fingerprint density at radius 1 is 1.47 bits per heavy atom. The molecule has 1 aliphatic carbocycles. The fourth-order valence-electron chi connectivity index (χ4n) is 2.63. The van der Waals surface area contributed by atoms with Crippen molar-refractivity contribution < 1.29 is 9.90 Å². The topological polar surface area (TPSA) is 66.6 Å². The van der Waals surface area contributed by atoms with E-state index in [4.69, 9.17) is 5.73 Å². The highest BCUT2D eigenvalue weighted by Crippen LogP contribution is 2.44. The van der Waals surface area contributed by atoms with Crippen molar-refractivity contribution in [3.63, 3.8) is 0 Å². The second-order valence-electron chi connectivity index (χ2n) is 5.85. The van der Waals surface area contributed by atoms with Gasteiger partial charge in [-0.05, 0) is 44.1 Å². The fourth-order valence-corrected chi connectivity index (χ4v) is 2.63. The van der Waals surface area contributed by atoms with Crippen LogP contribution in [-0.2, 0) is 4.79 Å². The Balaban J connectivity index is 1.65. The molecule has 2 aliphatic rings. The zero-order valence-corrected chi connectivity index (χ0v) is 10.7. The fraction of sp³-hybridized carbons (Fsp3) is 0.923. The molecule has 1 saturated heterocycles. The molecular weight excluding hydrogens is 216 g/mol. The summed E-state index contributed by atoms with van der Waals surface area (Å²) < 4.78 is 0. The summed E-state index contributed by atoms with van der Waals surface area (Å²) in [6.07, 6.45) is 4.76. The molecule has 1 atom stereocenters. The molecule has 1 heterocycles. The molecule has 0 radical (unpaired) electrons. The molecule has 2 rings (SSSR count). The number of likely N-dealkylation sites (tertiary alicyclic amines) is 1. The maximum Gasteiger partial charge on any atom is 0.222 e. The Hall–Kier alpha value is -0.610. The van der Waals surface area contributed by atoms with E-state index in [1.54, 1.807) is 4.90 Å². The minimum absolute atomic E-state index is 0.194. The summed E-state index contributed by atoms with van der Waals surface area (Å²) >= 11 is 0. The molecule has 0 spiro atoms. The summed E-state index contributed by atoms with van der Waals surface area (Å²) in [5.41, 5.74) is 4.94. The maximum absolute atomic E-state index is 11.8. The van der Waals surface area contributed by atoms with Crippen LogP contribution in [0, 0.1) is 11.8 Å². The van der Waals surface area contributed by atoms with Crippen molar-refractivity contribution in [2.24, 2.45) is 17.6 Å². The molecule has 1 unspecified atom stereocenters. The lowest BCUT2D eigenvalue weighted by atomic mass is 9.88. The van der Waals surface area contributed by atoms with Crippen molar-refractivity contribution in [2.75, 3.05) is 19.6 Å². The molecule has 98 valence electrons. The number of hydrogen-bond acceptors (Lipinski definition) is 3. The van der Waals surface area contributed by atoms with Crippen molar-refractivity contribution in [1.82, 2.24) is 4.90 Å². The van der Waals surface area contributed by atoms with E-state index < -0.39 is 5.60 Å². The van der Waals surface area contributed by atoms with Crippen molar-refractivity contribution in [2.45, 2.75) is 44.6 Å². The van der Waals surface area contributed by atoms with E-state index in [0.29, 0.717) is 37.9 Å². The standard InChI is InChI=1S/C13H24N2O2/c1-10(6-7-14)2-5-12(16)15-8-13(17,9-15)11-3-4-11/h10-11,17H,2-9,14H2,1H3. The summed E-state index contributed by atoms with van der Waals surface area (Å²) in [7, 11) is 0. The van der Waals surface area contributed by atoms with Crippen LogP contribution in [0.1, 0.15) is 39.0 Å². The number of nitrogens with zero attached hydrogens (tertiary/aromatic N) is 1. The van der Waals surface area contributed by atoms with Gasteiger partial charge in [-0.15, -0.1) is 0 Å². The SMILES string of the molecule is CC(CCN)CCC(=O)N1CC(O)(C2CC2)C1. The van der Waals surface area contributed by atoms with Crippen LogP contribution < -0.4 is 5.73 Å². The van der Waals surface area contributed by atoms with Gasteiger partial charge in [-0.1, -0.05) is 6.92 Å². The van der Waals surface area contributed by atoms with Gasteiger partial charge in [-0.2, -0.15) is 0 Å². The number of hydrogen-bond donors (Lipinski definition) is 2. The van der Waals surface area contributed by atoms with Gasteiger partial charge in [0.15, 0.2) is 0 Å². The Morgan fingerprint density at radius 3 is 2.65 bits per heavy atom. The van der Waals surface area contributed by atoms with E-state index in [-0.39, 0.29) is 5.91 Å². The normalized spacial score (nSPS) is 24.3. The molecule has 0 aromatic heterocycles. The van der Waals surface area contributed by atoms with Crippen LogP contribution in [0.15, 0.2) is 0 Å². The molecule has 1 saturated carbocycles. The summed E-state index contributed by atoms with van der Waals surface area (Å²) in [4.78, 5) is 13.6. The van der Waals surface area contributed by atoms with Gasteiger partial charge in [0.25, 0.3) is 0 Å². The lowest BCUT2D eigenvalue weighted by Crippen LogP contribution is -2.64. The average Bonchev–Trinajstić information content (AvgIpc) is 3.05. The third-order valence-corrected chi connectivity index (χ3v) is 4.13. The van der Waals surface area contributed by atoms with Gasteiger partial charge in [0, 0.05) is 6.42 Å². The summed E-state index contributed by atoms with van der Waals surface area (Å²) in [5.74, 6) is 1.18. The summed E-state index contributed by atoms with van der Waals surface area (Å²) in [6.45, 7) is 3.95. The van der Waals surface area contributed by atoms with Gasteiger partial charge in [0.1, 0.15) is 5.60 Å². The highest BCUT2D eigenvalue weighted by Gasteiger charge is 2.52. The van der Waals surface area contributed by atoms with Crippen LogP contribution >= 0.6 is 0 Å². The number of rotatable bonds is 6. The number of β-amino-alcohol motifs (C(OH)–C–C–N with tert-alkyl or cyclic N) is 1. The van der Waals surface area contributed by atoms with Gasteiger partial charge >= 0.3 is 0 Å². The highest BCUT2D eigenvalue weighted by atomic mass is 16.3. The van der Waals surface area contributed by atoms with Gasteiger partial charge in [-0.3, -0.25) is 4.79 Å². The molecule has 4 nitrogen and oxygen atoms in total. The number of carbonyl (C=O) groups is 1. The molecule has 0 bridgehead atoms. The summed E-state index contributed by atoms with van der Waals surface area (Å²) in [5, 5.41) is 10.1. The van der Waals surface area contributed by atoms with E-state index in [2.05, 4.69) is 6.92 Å². The minimum atomic E-state index is -0.543. The van der Waals surface area contributed by atoms with E-state index in [1.807, 2.05) is 0 Å². The highest BCUT2D eigenvalue weighted by molar-refractivity contribution is 5.77. The van der Waals surface area contributed by atoms with Crippen LogP contribution in [0.2, 0.25) is 0 Å². The Kier molecular flexibility index (Phi) is 3.73. The molecule has 4 heteroatoms. The first kappa shape index (κ1) is 12.8. The monoisotopic (exact) mass is 240 g/mol. The maximum atomic E-state index is 11.8. The lowest BCUT2D eigenvalue weighted by Gasteiger charge is -2.47. The Bertz CT molecular complexity index is 283. The number of aliphatic hydroxyl groups is 1. The molecule has 2 fully saturated rings. The number of nitrogens with two attached hydrogens (primary N) is 1. The molecule has 1 aliphatic heterocycles. The smallest absolute Gasteiger partial charge is 0.222 e. The first-order valence-electron chi connectivity index (χ1n) is 6.75. The Labute approximate surface area is 103 Å². The molecule has 1 amide bonds. The zero-order chi connectivity index (χ0) is 12.5. The van der Waals surface area contributed by atoms with E-state index in [9.17, 15) is 9.90 Å². The van der Waals surface area contributed by atoms with E-state index >= 15 is 0 Å². The predicted octanol–water partition coefficient (Wildman–Crippen LogP) is 0.735. The van der Waals surface area contributed by atoms with Crippen LogP contribution in [0.25, 0.3) is 0 Å². The largest absolute Gasteiger partial charge is 0.386 e. The van der Waals surface area contributed by atoms with Crippen molar-refractivity contribution in [3.05, 3.63) is 0 Å². The Morgan fingerprint density at radius 2 is 2.12 bits per heavy atom. The van der Waals surface area contributed by atoms with Crippen molar-refractivity contribution >= 4 is 5.91 Å². The quantitative estimate of drug-likeness (QED) is 0.719. The van der Waals surface area contributed by atoms with Gasteiger partial charge in [0.2, 0.25) is 5.91 Å². The van der Waals surface area contributed by atoms with E-state index in [1.165, 1.54) is 0 Å². The van der Waals surface area contributed by atoms with Gasteiger partial charge in [0.05, 0.1) is 13.1 Å². The molecular formula is C13H24N2O2. The summed E-state index contributed by atoms with van der Waals surface area (Å²) in [6, 6.07) is 0. The van der Waals surface area contributed by atoms with Crippen LogP contribution in [0.3, 0.4) is 0 Å². The molecule has 0 aromatic rings. The van der Waals surface area contributed by atoms with Crippen molar-refractivity contribution in [3.8, 4) is 0 Å². The predicted molar refractivity (Wildman–Crippen MR) is 66.3 cm³/mol. The first-order valence-corrected chi connectivity index (χ1v) is 6.75. The zero-order valence-electron chi connectivity index (χ0n) is 10.7. The van der Waals surface area contributed by atoms with Crippen LogP contribution in [0.4, 0.5) is 0 Å². The third-order valence-electron chi connectivity index (χ3n) is 4.13. The third kappa shape index (κ3) is 2.99. The minimum Gasteiger partial charge on any atom is -0.386 e. The second-order valence-corrected chi connectivity index (χ2v) is 5.85. The first-order chi connectivity index (χ1) is 8.05. The average molecular weight is 240 g/mol. The lowest BCUT2D eigenvalue weighted by molar-refractivity contribution is -0.159. The van der Waals surface area contributed by atoms with Crippen LogP contribution in [0.5, 0.6) is 0 Å². The van der Waals surface area contributed by atoms with Crippen LogP contribution in [-0.4, -0.2) is 41.1 Å². The molecule has 17 heavy (non-hydrogen) atoms. The number of amides is 1. The number of carbonyl (C=O) groups excluding carboxylic acids is 1. The van der Waals surface area contributed by atoms with Gasteiger partial charge < -0.3 is 15.7 Å². The molecule has 3 N–H and O–H groups in total.